The van der Waals surface area contributed by atoms with Crippen molar-refractivity contribution >= 4 is 18.3 Å². The summed E-state index contributed by atoms with van der Waals surface area (Å²) < 4.78 is 41.3. The summed E-state index contributed by atoms with van der Waals surface area (Å²) in [6.07, 6.45) is -3.75. The maximum atomic E-state index is 13.5. The molecule has 138 valence electrons. The van der Waals surface area contributed by atoms with Gasteiger partial charge in [-0.1, -0.05) is 25.1 Å². The monoisotopic (exact) mass is 376 g/mol. The van der Waals surface area contributed by atoms with Gasteiger partial charge in [0, 0.05) is 13.1 Å². The van der Waals surface area contributed by atoms with E-state index < -0.39 is 23.3 Å². The van der Waals surface area contributed by atoms with E-state index in [9.17, 15) is 18.0 Å². The second kappa shape index (κ2) is 8.87. The lowest BCUT2D eigenvalue weighted by atomic mass is 10.1. The molecule has 0 saturated carbocycles. The van der Waals surface area contributed by atoms with Crippen molar-refractivity contribution in [1.82, 2.24) is 20.4 Å². The molecule has 5 nitrogen and oxygen atoms in total. The molecule has 1 aromatic heterocycles. The summed E-state index contributed by atoms with van der Waals surface area (Å²) in [5.41, 5.74) is -0.637. The van der Waals surface area contributed by atoms with Crippen LogP contribution in [0.4, 0.5) is 13.2 Å². The summed E-state index contributed by atoms with van der Waals surface area (Å²) in [6, 6.07) is 6.57. The van der Waals surface area contributed by atoms with Crippen LogP contribution in [0.15, 0.2) is 30.5 Å². The number of benzene rings is 1. The lowest BCUT2D eigenvalue weighted by molar-refractivity contribution is -0.143. The van der Waals surface area contributed by atoms with Crippen LogP contribution in [0.25, 0.3) is 5.69 Å². The number of rotatable bonds is 6. The normalized spacial score (nSPS) is 11.1. The van der Waals surface area contributed by atoms with Crippen LogP contribution in [-0.2, 0) is 6.18 Å². The molecule has 0 unspecified atom stereocenters. The second-order valence-electron chi connectivity index (χ2n) is 5.21. The van der Waals surface area contributed by atoms with Gasteiger partial charge in [0.15, 0.2) is 5.69 Å². The Balaban J connectivity index is 0.00000312. The van der Waals surface area contributed by atoms with Gasteiger partial charge in [0.05, 0.1) is 17.4 Å². The Bertz CT molecular complexity index is 716. The predicted octanol–water partition coefficient (Wildman–Crippen LogP) is 2.96. The number of aromatic nitrogens is 2. The molecule has 1 heterocycles. The van der Waals surface area contributed by atoms with Crippen LogP contribution in [0.1, 0.15) is 28.5 Å². The smallest absolute Gasteiger partial charge is 0.351 e. The SMILES string of the molecule is CCNCCNC(=O)c1cnn(-c2ccccc2C)c1C(F)(F)F.Cl. The summed E-state index contributed by atoms with van der Waals surface area (Å²) in [4.78, 5) is 12.1. The number of nitrogens with zero attached hydrogens (tertiary/aromatic N) is 2. The zero-order valence-corrected chi connectivity index (χ0v) is 14.7. The Morgan fingerprint density at radius 3 is 2.52 bits per heavy atom. The standard InChI is InChI=1S/C16H19F3N4O.ClH/c1-3-20-8-9-21-15(24)12-10-22-23(14(12)16(17,18)19)13-7-5-4-6-11(13)2;/h4-7,10,20H,3,8-9H2,1-2H3,(H,21,24);1H. The van der Waals surface area contributed by atoms with Crippen molar-refractivity contribution in [2.75, 3.05) is 19.6 Å². The second-order valence-corrected chi connectivity index (χ2v) is 5.21. The van der Waals surface area contributed by atoms with E-state index in [2.05, 4.69) is 15.7 Å². The first-order valence-electron chi connectivity index (χ1n) is 7.56. The fourth-order valence-electron chi connectivity index (χ4n) is 2.31. The largest absolute Gasteiger partial charge is 0.434 e. The maximum Gasteiger partial charge on any atom is 0.434 e. The van der Waals surface area contributed by atoms with E-state index in [1.807, 2.05) is 6.92 Å². The number of likely N-dealkylation sites (N-methyl/N-ethyl adjacent to an activating group) is 1. The molecule has 2 N–H and O–H groups in total. The number of para-hydroxylation sites is 1. The number of aryl methyl sites for hydroxylation is 1. The minimum absolute atomic E-state index is 0. The Labute approximate surface area is 150 Å². The number of hydrogen-bond donors (Lipinski definition) is 2. The van der Waals surface area contributed by atoms with Gasteiger partial charge in [0.2, 0.25) is 0 Å². The molecule has 2 rings (SSSR count). The highest BCUT2D eigenvalue weighted by atomic mass is 35.5. The highest BCUT2D eigenvalue weighted by molar-refractivity contribution is 5.95. The first-order valence-corrected chi connectivity index (χ1v) is 7.56. The summed E-state index contributed by atoms with van der Waals surface area (Å²) in [6.45, 7) is 5.02. The number of alkyl halides is 3. The molecular formula is C16H20ClF3N4O. The Hall–Kier alpha value is -2.06. The highest BCUT2D eigenvalue weighted by Gasteiger charge is 2.40. The average Bonchev–Trinajstić information content (AvgIpc) is 2.97. The van der Waals surface area contributed by atoms with Gasteiger partial charge in [-0.3, -0.25) is 4.79 Å². The minimum Gasteiger partial charge on any atom is -0.351 e. The molecule has 2 aromatic rings. The van der Waals surface area contributed by atoms with Gasteiger partial charge in [-0.05, 0) is 25.1 Å². The summed E-state index contributed by atoms with van der Waals surface area (Å²) in [5, 5.41) is 9.25. The predicted molar refractivity (Wildman–Crippen MR) is 91.4 cm³/mol. The van der Waals surface area contributed by atoms with Gasteiger partial charge in [0.25, 0.3) is 5.91 Å². The first kappa shape index (κ1) is 21.0. The molecule has 0 radical (unpaired) electrons. The summed E-state index contributed by atoms with van der Waals surface area (Å²) in [5.74, 6) is -0.792. The van der Waals surface area contributed by atoms with Crippen molar-refractivity contribution < 1.29 is 18.0 Å². The average molecular weight is 377 g/mol. The molecular weight excluding hydrogens is 357 g/mol. The van der Waals surface area contributed by atoms with Crippen molar-refractivity contribution in [3.05, 3.63) is 47.3 Å². The minimum atomic E-state index is -4.70. The van der Waals surface area contributed by atoms with E-state index in [0.29, 0.717) is 12.1 Å². The number of nitrogens with one attached hydrogen (secondary N) is 2. The molecule has 0 aliphatic heterocycles. The van der Waals surface area contributed by atoms with E-state index in [-0.39, 0.29) is 24.6 Å². The Morgan fingerprint density at radius 1 is 1.24 bits per heavy atom. The van der Waals surface area contributed by atoms with E-state index in [0.717, 1.165) is 17.4 Å². The fourth-order valence-corrected chi connectivity index (χ4v) is 2.31. The zero-order chi connectivity index (χ0) is 17.7. The van der Waals surface area contributed by atoms with Crippen LogP contribution >= 0.6 is 12.4 Å². The van der Waals surface area contributed by atoms with Gasteiger partial charge in [-0.25, -0.2) is 4.68 Å². The van der Waals surface area contributed by atoms with Gasteiger partial charge in [-0.2, -0.15) is 18.3 Å². The third kappa shape index (κ3) is 4.96. The van der Waals surface area contributed by atoms with Crippen LogP contribution in [0.3, 0.4) is 0 Å². The third-order valence-corrected chi connectivity index (χ3v) is 3.46. The molecule has 0 fully saturated rings. The van der Waals surface area contributed by atoms with Crippen LogP contribution in [0, 0.1) is 6.92 Å². The molecule has 1 amide bonds. The van der Waals surface area contributed by atoms with E-state index in [4.69, 9.17) is 0 Å². The maximum absolute atomic E-state index is 13.5. The summed E-state index contributed by atoms with van der Waals surface area (Å²) in [7, 11) is 0. The molecule has 1 aromatic carbocycles. The Kier molecular flexibility index (Phi) is 7.44. The van der Waals surface area contributed by atoms with E-state index >= 15 is 0 Å². The molecule has 0 bridgehead atoms. The quantitative estimate of drug-likeness (QED) is 0.762. The molecule has 0 aliphatic rings. The molecule has 0 saturated heterocycles. The number of carbonyl (C=O) groups excluding carboxylic acids is 1. The van der Waals surface area contributed by atoms with Crippen LogP contribution in [0.2, 0.25) is 0 Å². The highest BCUT2D eigenvalue weighted by Crippen LogP contribution is 2.34. The van der Waals surface area contributed by atoms with Crippen LogP contribution < -0.4 is 10.6 Å². The van der Waals surface area contributed by atoms with Gasteiger partial charge in [0.1, 0.15) is 0 Å². The number of carbonyl (C=O) groups is 1. The summed E-state index contributed by atoms with van der Waals surface area (Å²) >= 11 is 0. The van der Waals surface area contributed by atoms with Crippen LogP contribution in [0.5, 0.6) is 0 Å². The van der Waals surface area contributed by atoms with E-state index in [1.54, 1.807) is 25.1 Å². The molecule has 0 aliphatic carbocycles. The van der Waals surface area contributed by atoms with Crippen molar-refractivity contribution in [3.63, 3.8) is 0 Å². The fraction of sp³-hybridized carbons (Fsp3) is 0.375. The van der Waals surface area contributed by atoms with Crippen molar-refractivity contribution in [1.29, 1.82) is 0 Å². The lowest BCUT2D eigenvalue weighted by Crippen LogP contribution is -2.32. The number of hydrogen-bond acceptors (Lipinski definition) is 3. The van der Waals surface area contributed by atoms with Gasteiger partial charge in [-0.15, -0.1) is 12.4 Å². The lowest BCUT2D eigenvalue weighted by Gasteiger charge is -2.14. The molecule has 0 atom stereocenters. The van der Waals surface area contributed by atoms with Crippen molar-refractivity contribution in [3.8, 4) is 5.69 Å². The molecule has 25 heavy (non-hydrogen) atoms. The third-order valence-electron chi connectivity index (χ3n) is 3.46. The number of halogens is 4. The van der Waals surface area contributed by atoms with Crippen molar-refractivity contribution in [2.45, 2.75) is 20.0 Å². The molecule has 0 spiro atoms. The van der Waals surface area contributed by atoms with Crippen molar-refractivity contribution in [2.24, 2.45) is 0 Å². The van der Waals surface area contributed by atoms with Crippen LogP contribution in [-0.4, -0.2) is 35.3 Å². The number of amides is 1. The Morgan fingerprint density at radius 2 is 1.92 bits per heavy atom. The molecule has 9 heteroatoms. The first-order chi connectivity index (χ1) is 11.4. The zero-order valence-electron chi connectivity index (χ0n) is 13.9. The van der Waals surface area contributed by atoms with E-state index in [1.165, 1.54) is 6.07 Å². The topological polar surface area (TPSA) is 58.9 Å². The van der Waals surface area contributed by atoms with Gasteiger partial charge >= 0.3 is 6.18 Å². The van der Waals surface area contributed by atoms with Gasteiger partial charge < -0.3 is 10.6 Å².